The molecular weight excluding hydrogens is 379 g/mol. The van der Waals surface area contributed by atoms with Gasteiger partial charge < -0.3 is 20.6 Å². The number of carboxylic acid groups (broad SMARTS) is 1. The number of aryl methyl sites for hydroxylation is 1. The Morgan fingerprint density at radius 1 is 1.29 bits per heavy atom. The van der Waals surface area contributed by atoms with Gasteiger partial charge >= 0.3 is 12.1 Å². The summed E-state index contributed by atoms with van der Waals surface area (Å²) in [5, 5.41) is 21.0. The van der Waals surface area contributed by atoms with E-state index in [-0.39, 0.29) is 0 Å². The standard InChI is InChI=1S/C14H19N7.C2HF3O2/c1-9-6-13(20-19-9)17-12-4-5-15-14(18-12)21-7-10-2-3-11(8-21)16-10;3-2(4,5)1(6)7/h4-6,10-11,16H,2-3,7-8H2,1H3,(H2,15,17,18,19,20);(H,6,7)/t10-,11+;. The van der Waals surface area contributed by atoms with Gasteiger partial charge in [0.15, 0.2) is 5.82 Å². The van der Waals surface area contributed by atoms with Gasteiger partial charge in [-0.1, -0.05) is 0 Å². The first kappa shape index (κ1) is 19.9. The van der Waals surface area contributed by atoms with Crippen LogP contribution in [0.25, 0.3) is 0 Å². The molecule has 2 aromatic heterocycles. The second kappa shape index (κ2) is 8.00. The number of aromatic amines is 1. The third-order valence-corrected chi connectivity index (χ3v) is 4.35. The third kappa shape index (κ3) is 5.09. The van der Waals surface area contributed by atoms with E-state index in [0.717, 1.165) is 36.4 Å². The van der Waals surface area contributed by atoms with E-state index in [4.69, 9.17) is 9.90 Å². The summed E-state index contributed by atoms with van der Waals surface area (Å²) in [5.74, 6) is -0.409. The second-order valence-corrected chi connectivity index (χ2v) is 6.65. The summed E-state index contributed by atoms with van der Waals surface area (Å²) < 4.78 is 31.7. The lowest BCUT2D eigenvalue weighted by Crippen LogP contribution is -2.51. The van der Waals surface area contributed by atoms with Gasteiger partial charge in [-0.15, -0.1) is 0 Å². The Hall–Kier alpha value is -2.89. The summed E-state index contributed by atoms with van der Waals surface area (Å²) >= 11 is 0. The van der Waals surface area contributed by atoms with Crippen LogP contribution in [0.2, 0.25) is 0 Å². The van der Waals surface area contributed by atoms with Crippen molar-refractivity contribution in [2.75, 3.05) is 23.3 Å². The number of carboxylic acids is 1. The number of hydrogen-bond donors (Lipinski definition) is 4. The van der Waals surface area contributed by atoms with E-state index in [1.54, 1.807) is 6.20 Å². The van der Waals surface area contributed by atoms with E-state index in [1.165, 1.54) is 12.8 Å². The molecule has 0 aliphatic carbocycles. The van der Waals surface area contributed by atoms with Crippen LogP contribution >= 0.6 is 0 Å². The van der Waals surface area contributed by atoms with E-state index in [2.05, 4.69) is 35.7 Å². The van der Waals surface area contributed by atoms with Gasteiger partial charge in [-0.2, -0.15) is 23.3 Å². The van der Waals surface area contributed by atoms with E-state index >= 15 is 0 Å². The van der Waals surface area contributed by atoms with Crippen LogP contribution in [0.5, 0.6) is 0 Å². The number of carbonyl (C=O) groups is 1. The Morgan fingerprint density at radius 3 is 2.46 bits per heavy atom. The van der Waals surface area contributed by atoms with Gasteiger partial charge in [-0.3, -0.25) is 5.10 Å². The fraction of sp³-hybridized carbons (Fsp3) is 0.500. The molecule has 4 N–H and O–H groups in total. The number of hydrogen-bond acceptors (Lipinski definition) is 7. The molecule has 0 radical (unpaired) electrons. The van der Waals surface area contributed by atoms with Gasteiger partial charge in [0.2, 0.25) is 5.95 Å². The van der Waals surface area contributed by atoms with E-state index in [0.29, 0.717) is 12.1 Å². The molecule has 2 bridgehead atoms. The smallest absolute Gasteiger partial charge is 0.475 e. The minimum absolute atomic E-state index is 0.581. The highest BCUT2D eigenvalue weighted by Crippen LogP contribution is 2.24. The monoisotopic (exact) mass is 399 g/mol. The summed E-state index contributed by atoms with van der Waals surface area (Å²) in [6, 6.07) is 4.98. The number of anilines is 3. The number of piperazine rings is 1. The minimum atomic E-state index is -5.08. The lowest BCUT2D eigenvalue weighted by Gasteiger charge is -2.32. The molecule has 0 spiro atoms. The Labute approximate surface area is 158 Å². The molecule has 2 aliphatic heterocycles. The number of aliphatic carboxylic acids is 1. The van der Waals surface area contributed by atoms with Crippen LogP contribution < -0.4 is 15.5 Å². The molecule has 4 rings (SSSR count). The zero-order valence-corrected chi connectivity index (χ0v) is 15.0. The molecule has 0 aromatic carbocycles. The third-order valence-electron chi connectivity index (χ3n) is 4.35. The lowest BCUT2D eigenvalue weighted by atomic mass is 10.2. The first-order valence-electron chi connectivity index (χ1n) is 8.64. The van der Waals surface area contributed by atoms with Crippen molar-refractivity contribution < 1.29 is 23.1 Å². The number of nitrogens with one attached hydrogen (secondary N) is 3. The van der Waals surface area contributed by atoms with Crippen LogP contribution in [0.4, 0.5) is 30.8 Å². The first-order valence-corrected chi connectivity index (χ1v) is 8.64. The molecule has 2 fully saturated rings. The summed E-state index contributed by atoms with van der Waals surface area (Å²) in [6.07, 6.45) is -0.772. The van der Waals surface area contributed by atoms with Gasteiger partial charge in [0.05, 0.1) is 0 Å². The number of aromatic nitrogens is 4. The summed E-state index contributed by atoms with van der Waals surface area (Å²) in [5.41, 5.74) is 1.02. The molecule has 2 saturated heterocycles. The van der Waals surface area contributed by atoms with E-state index in [9.17, 15) is 13.2 Å². The van der Waals surface area contributed by atoms with Crippen molar-refractivity contribution in [1.29, 1.82) is 0 Å². The topological polar surface area (TPSA) is 119 Å². The van der Waals surface area contributed by atoms with Gasteiger partial charge in [0.1, 0.15) is 5.82 Å². The van der Waals surface area contributed by atoms with E-state index in [1.807, 2.05) is 19.1 Å². The molecule has 2 aromatic rings. The quantitative estimate of drug-likeness (QED) is 0.617. The number of rotatable bonds is 3. The van der Waals surface area contributed by atoms with Gasteiger partial charge in [0, 0.05) is 43.1 Å². The molecule has 28 heavy (non-hydrogen) atoms. The number of halogens is 3. The Balaban J connectivity index is 0.000000279. The van der Waals surface area contributed by atoms with Crippen molar-refractivity contribution >= 4 is 23.6 Å². The van der Waals surface area contributed by atoms with Crippen molar-refractivity contribution in [3.05, 3.63) is 24.0 Å². The Kier molecular flexibility index (Phi) is 5.68. The van der Waals surface area contributed by atoms with Crippen LogP contribution in [-0.2, 0) is 4.79 Å². The molecule has 2 atom stereocenters. The van der Waals surface area contributed by atoms with Gasteiger partial charge in [-0.05, 0) is 25.8 Å². The zero-order valence-electron chi connectivity index (χ0n) is 15.0. The number of nitrogens with zero attached hydrogens (tertiary/aromatic N) is 4. The maximum absolute atomic E-state index is 10.6. The zero-order chi connectivity index (χ0) is 20.3. The SMILES string of the molecule is Cc1cc(Nc2ccnc(N3C[C@H]4CC[C@@H](C3)N4)n2)n[nH]1.O=C(O)C(F)(F)F. The first-order chi connectivity index (χ1) is 13.2. The van der Waals surface area contributed by atoms with Crippen molar-refractivity contribution in [2.24, 2.45) is 0 Å². The highest BCUT2D eigenvalue weighted by molar-refractivity contribution is 5.73. The predicted molar refractivity (Wildman–Crippen MR) is 94.5 cm³/mol. The van der Waals surface area contributed by atoms with Crippen LogP contribution in [0.3, 0.4) is 0 Å². The average molecular weight is 399 g/mol. The minimum Gasteiger partial charge on any atom is -0.475 e. The number of H-pyrrole nitrogens is 1. The fourth-order valence-electron chi connectivity index (χ4n) is 3.14. The molecule has 0 amide bonds. The molecule has 0 unspecified atom stereocenters. The predicted octanol–water partition coefficient (Wildman–Crippen LogP) is 1.83. The second-order valence-electron chi connectivity index (χ2n) is 6.65. The summed E-state index contributed by atoms with van der Waals surface area (Å²) in [4.78, 5) is 20.2. The van der Waals surface area contributed by atoms with E-state index < -0.39 is 12.1 Å². The highest BCUT2D eigenvalue weighted by atomic mass is 19.4. The molecule has 2 aliphatic rings. The maximum Gasteiger partial charge on any atom is 0.490 e. The molecule has 9 nitrogen and oxygen atoms in total. The number of fused-ring (bicyclic) bond motifs is 2. The molecule has 152 valence electrons. The fourth-order valence-corrected chi connectivity index (χ4v) is 3.14. The number of alkyl halides is 3. The van der Waals surface area contributed by atoms with Gasteiger partial charge in [0.25, 0.3) is 0 Å². The molecule has 12 heteroatoms. The Bertz CT molecular complexity index is 815. The van der Waals surface area contributed by atoms with Crippen LogP contribution in [0.15, 0.2) is 18.3 Å². The van der Waals surface area contributed by atoms with Crippen molar-refractivity contribution in [1.82, 2.24) is 25.5 Å². The molecule has 0 saturated carbocycles. The maximum atomic E-state index is 10.6. The van der Waals surface area contributed by atoms with Crippen molar-refractivity contribution in [3.8, 4) is 0 Å². The van der Waals surface area contributed by atoms with Crippen LogP contribution in [-0.4, -0.2) is 62.6 Å². The summed E-state index contributed by atoms with van der Waals surface area (Å²) in [7, 11) is 0. The normalized spacial score (nSPS) is 21.1. The summed E-state index contributed by atoms with van der Waals surface area (Å²) in [6.45, 7) is 3.95. The van der Waals surface area contributed by atoms with Crippen LogP contribution in [0.1, 0.15) is 18.5 Å². The Morgan fingerprint density at radius 2 is 1.93 bits per heavy atom. The van der Waals surface area contributed by atoms with Crippen molar-refractivity contribution in [3.63, 3.8) is 0 Å². The van der Waals surface area contributed by atoms with Crippen LogP contribution in [0, 0.1) is 6.92 Å². The van der Waals surface area contributed by atoms with Gasteiger partial charge in [-0.25, -0.2) is 9.78 Å². The van der Waals surface area contributed by atoms with Crippen molar-refractivity contribution in [2.45, 2.75) is 38.0 Å². The highest BCUT2D eigenvalue weighted by Gasteiger charge is 2.38. The average Bonchev–Trinajstić information content (AvgIpc) is 3.19. The molecular formula is C16H20F3N7O2. The lowest BCUT2D eigenvalue weighted by molar-refractivity contribution is -0.192. The molecule has 4 heterocycles. The largest absolute Gasteiger partial charge is 0.490 e.